The molecule has 0 atom stereocenters. The summed E-state index contributed by atoms with van der Waals surface area (Å²) in [4.78, 5) is 4.23. The zero-order chi connectivity index (χ0) is 13.0. The van der Waals surface area contributed by atoms with Gasteiger partial charge in [0, 0.05) is 23.2 Å². The number of hydrogen-bond acceptors (Lipinski definition) is 4. The first-order valence-corrected chi connectivity index (χ1v) is 6.72. The number of nitrogens with zero attached hydrogens (tertiary/aromatic N) is 1. The first-order chi connectivity index (χ1) is 8.69. The molecule has 0 aliphatic rings. The van der Waals surface area contributed by atoms with Crippen LogP contribution in [0, 0.1) is 0 Å². The molecule has 0 bridgehead atoms. The molecule has 0 aliphatic carbocycles. The number of aromatic nitrogens is 1. The van der Waals surface area contributed by atoms with Crippen molar-refractivity contribution in [2.75, 3.05) is 12.8 Å². The Morgan fingerprint density at radius 1 is 1.33 bits per heavy atom. The predicted molar refractivity (Wildman–Crippen MR) is 76.2 cm³/mol. The van der Waals surface area contributed by atoms with Gasteiger partial charge in [-0.05, 0) is 30.3 Å². The smallest absolute Gasteiger partial charge is 0.123 e. The van der Waals surface area contributed by atoms with Gasteiger partial charge in [0.1, 0.15) is 5.75 Å². The van der Waals surface area contributed by atoms with Crippen LogP contribution in [0.2, 0.25) is 5.02 Å². The Morgan fingerprint density at radius 2 is 2.17 bits per heavy atom. The van der Waals surface area contributed by atoms with Gasteiger partial charge in [-0.25, -0.2) is 4.98 Å². The van der Waals surface area contributed by atoms with Gasteiger partial charge in [-0.3, -0.25) is 0 Å². The second-order valence-electron chi connectivity index (χ2n) is 3.67. The topological polar surface area (TPSA) is 48.1 Å². The molecule has 2 aromatic rings. The molecule has 0 spiro atoms. The molecule has 2 rings (SSSR count). The summed E-state index contributed by atoms with van der Waals surface area (Å²) in [5.74, 6) is 1.59. The highest BCUT2D eigenvalue weighted by atomic mass is 35.5. The van der Waals surface area contributed by atoms with Gasteiger partial charge in [0.05, 0.1) is 17.2 Å². The molecule has 0 fully saturated rings. The first kappa shape index (κ1) is 13.1. The molecule has 5 heteroatoms. The van der Waals surface area contributed by atoms with Crippen molar-refractivity contribution in [3.05, 3.63) is 47.1 Å². The van der Waals surface area contributed by atoms with Crippen LogP contribution in [0.1, 0.15) is 5.56 Å². The van der Waals surface area contributed by atoms with Crippen LogP contribution in [0.25, 0.3) is 0 Å². The number of methoxy groups -OCH3 is 1. The van der Waals surface area contributed by atoms with E-state index in [2.05, 4.69) is 4.98 Å². The summed E-state index contributed by atoms with van der Waals surface area (Å²) in [5.41, 5.74) is 7.56. The van der Waals surface area contributed by atoms with Crippen molar-refractivity contribution in [3.8, 4) is 5.75 Å². The third kappa shape index (κ3) is 3.31. The second-order valence-corrected chi connectivity index (χ2v) is 5.11. The lowest BCUT2D eigenvalue weighted by Gasteiger charge is -2.08. The van der Waals surface area contributed by atoms with Crippen molar-refractivity contribution in [2.24, 2.45) is 0 Å². The summed E-state index contributed by atoms with van der Waals surface area (Å²) in [5, 5.41) is 1.56. The Balaban J connectivity index is 2.09. The number of nitrogen functional groups attached to an aromatic ring is 1. The van der Waals surface area contributed by atoms with Crippen molar-refractivity contribution in [2.45, 2.75) is 10.8 Å². The number of thioether (sulfide) groups is 1. The maximum absolute atomic E-state index is 5.79. The second kappa shape index (κ2) is 5.98. The van der Waals surface area contributed by atoms with E-state index in [1.807, 2.05) is 30.3 Å². The van der Waals surface area contributed by atoms with Crippen molar-refractivity contribution >= 4 is 29.1 Å². The maximum atomic E-state index is 5.79. The van der Waals surface area contributed by atoms with E-state index in [-0.39, 0.29) is 0 Å². The van der Waals surface area contributed by atoms with Crippen LogP contribution in [0.15, 0.2) is 41.6 Å². The number of pyridine rings is 1. The third-order valence-electron chi connectivity index (χ3n) is 2.38. The van der Waals surface area contributed by atoms with Crippen molar-refractivity contribution in [1.29, 1.82) is 0 Å². The van der Waals surface area contributed by atoms with E-state index < -0.39 is 0 Å². The van der Waals surface area contributed by atoms with E-state index in [1.165, 1.54) is 0 Å². The molecule has 1 heterocycles. The number of halogens is 1. The fraction of sp³-hybridized carbons (Fsp3) is 0.154. The molecule has 0 amide bonds. The maximum Gasteiger partial charge on any atom is 0.123 e. The zero-order valence-electron chi connectivity index (χ0n) is 9.89. The largest absolute Gasteiger partial charge is 0.496 e. The van der Waals surface area contributed by atoms with Crippen molar-refractivity contribution in [1.82, 2.24) is 4.98 Å². The molecule has 0 saturated heterocycles. The number of ether oxygens (including phenoxy) is 1. The van der Waals surface area contributed by atoms with Gasteiger partial charge in [0.25, 0.3) is 0 Å². The molecule has 3 nitrogen and oxygen atoms in total. The van der Waals surface area contributed by atoms with Gasteiger partial charge in [0.15, 0.2) is 0 Å². The Bertz CT molecular complexity index is 531. The van der Waals surface area contributed by atoms with E-state index in [1.54, 1.807) is 25.1 Å². The monoisotopic (exact) mass is 280 g/mol. The first-order valence-electron chi connectivity index (χ1n) is 5.36. The quantitative estimate of drug-likeness (QED) is 0.686. The van der Waals surface area contributed by atoms with Crippen LogP contribution >= 0.6 is 23.4 Å². The summed E-state index contributed by atoms with van der Waals surface area (Å²) in [7, 11) is 1.65. The summed E-state index contributed by atoms with van der Waals surface area (Å²) >= 11 is 7.40. The van der Waals surface area contributed by atoms with Crippen LogP contribution < -0.4 is 10.5 Å². The Kier molecular flexibility index (Phi) is 4.33. The lowest BCUT2D eigenvalue weighted by Crippen LogP contribution is -1.93. The fourth-order valence-electron chi connectivity index (χ4n) is 1.51. The summed E-state index contributed by atoms with van der Waals surface area (Å²) in [6.45, 7) is 0. The van der Waals surface area contributed by atoms with E-state index in [4.69, 9.17) is 22.1 Å². The van der Waals surface area contributed by atoms with Gasteiger partial charge in [0.2, 0.25) is 0 Å². The number of hydrogen-bond donors (Lipinski definition) is 1. The molecular formula is C13H13ClN2OS. The molecule has 0 aliphatic heterocycles. The zero-order valence-corrected chi connectivity index (χ0v) is 11.5. The minimum absolute atomic E-state index is 0.640. The highest BCUT2D eigenvalue weighted by Crippen LogP contribution is 2.28. The van der Waals surface area contributed by atoms with Gasteiger partial charge in [-0.15, -0.1) is 11.8 Å². The summed E-state index contributed by atoms with van der Waals surface area (Å²) in [6, 6.07) is 9.34. The number of anilines is 1. The summed E-state index contributed by atoms with van der Waals surface area (Å²) < 4.78 is 5.30. The number of benzene rings is 1. The molecule has 0 unspecified atom stereocenters. The van der Waals surface area contributed by atoms with E-state index >= 15 is 0 Å². The number of rotatable bonds is 4. The minimum atomic E-state index is 0.640. The molecule has 94 valence electrons. The molecular weight excluding hydrogens is 268 g/mol. The van der Waals surface area contributed by atoms with E-state index in [0.717, 1.165) is 27.8 Å². The standard InChI is InChI=1S/C13H13ClN2OS/c1-17-12-4-3-11(15)6-9(12)8-18-13-5-2-10(14)7-16-13/h2-7H,8,15H2,1H3. The highest BCUT2D eigenvalue weighted by Gasteiger charge is 2.05. The lowest BCUT2D eigenvalue weighted by molar-refractivity contribution is 0.411. The Labute approximate surface area is 115 Å². The SMILES string of the molecule is COc1ccc(N)cc1CSc1ccc(Cl)cn1. The van der Waals surface area contributed by atoms with Gasteiger partial charge in [-0.2, -0.15) is 0 Å². The number of nitrogens with two attached hydrogens (primary N) is 1. The van der Waals surface area contributed by atoms with Crippen LogP contribution in [-0.2, 0) is 5.75 Å². The van der Waals surface area contributed by atoms with Crippen LogP contribution in [0.4, 0.5) is 5.69 Å². The van der Waals surface area contributed by atoms with Crippen LogP contribution in [0.5, 0.6) is 5.75 Å². The van der Waals surface area contributed by atoms with Crippen LogP contribution in [0.3, 0.4) is 0 Å². The van der Waals surface area contributed by atoms with Gasteiger partial charge in [-0.1, -0.05) is 11.6 Å². The van der Waals surface area contributed by atoms with E-state index in [0.29, 0.717) is 5.02 Å². The minimum Gasteiger partial charge on any atom is -0.496 e. The van der Waals surface area contributed by atoms with Crippen LogP contribution in [-0.4, -0.2) is 12.1 Å². The average molecular weight is 281 g/mol. The highest BCUT2D eigenvalue weighted by molar-refractivity contribution is 7.98. The Hall–Kier alpha value is -1.39. The predicted octanol–water partition coefficient (Wildman–Crippen LogP) is 3.62. The molecule has 2 N–H and O–H groups in total. The lowest BCUT2D eigenvalue weighted by atomic mass is 10.2. The van der Waals surface area contributed by atoms with Gasteiger partial charge < -0.3 is 10.5 Å². The van der Waals surface area contributed by atoms with Crippen molar-refractivity contribution < 1.29 is 4.74 Å². The van der Waals surface area contributed by atoms with Gasteiger partial charge >= 0.3 is 0 Å². The molecule has 18 heavy (non-hydrogen) atoms. The molecule has 0 radical (unpaired) electrons. The van der Waals surface area contributed by atoms with Crippen molar-refractivity contribution in [3.63, 3.8) is 0 Å². The Morgan fingerprint density at radius 3 is 2.83 bits per heavy atom. The molecule has 1 aromatic carbocycles. The third-order valence-corrected chi connectivity index (χ3v) is 3.60. The molecule has 1 aromatic heterocycles. The fourth-order valence-corrected chi connectivity index (χ4v) is 2.44. The normalized spacial score (nSPS) is 10.3. The summed E-state index contributed by atoms with van der Waals surface area (Å²) in [6.07, 6.45) is 1.64. The molecule has 0 saturated carbocycles. The van der Waals surface area contributed by atoms with E-state index in [9.17, 15) is 0 Å². The average Bonchev–Trinajstić information content (AvgIpc) is 2.38.